The number of nitriles is 1. The van der Waals surface area contributed by atoms with Crippen LogP contribution in [0.15, 0.2) is 36.2 Å². The fraction of sp³-hybridized carbons (Fsp3) is 0.308. The lowest BCUT2D eigenvalue weighted by Gasteiger charge is -2.26. The van der Waals surface area contributed by atoms with Gasteiger partial charge in [-0.2, -0.15) is 5.26 Å². The van der Waals surface area contributed by atoms with Crippen LogP contribution >= 0.6 is 0 Å². The van der Waals surface area contributed by atoms with Crippen molar-refractivity contribution < 1.29 is 0 Å². The third-order valence-corrected chi connectivity index (χ3v) is 2.25. The Kier molecular flexibility index (Phi) is 3.96. The van der Waals surface area contributed by atoms with Gasteiger partial charge in [-0.05, 0) is 5.56 Å². The van der Waals surface area contributed by atoms with Gasteiger partial charge in [-0.1, -0.05) is 30.3 Å². The molecule has 0 aliphatic carbocycles. The highest BCUT2D eigenvalue weighted by atomic mass is 15.3. The molecule has 1 aromatic rings. The van der Waals surface area contributed by atoms with Crippen molar-refractivity contribution in [3.05, 3.63) is 41.7 Å². The number of hydrogen-bond donors (Lipinski definition) is 0. The number of rotatable bonds is 3. The van der Waals surface area contributed by atoms with Crippen molar-refractivity contribution in [1.82, 2.24) is 9.80 Å². The van der Waals surface area contributed by atoms with Gasteiger partial charge in [0.25, 0.3) is 0 Å². The van der Waals surface area contributed by atoms with Crippen LogP contribution in [0.1, 0.15) is 5.56 Å². The van der Waals surface area contributed by atoms with Gasteiger partial charge in [0, 0.05) is 28.2 Å². The zero-order chi connectivity index (χ0) is 12.1. The minimum Gasteiger partial charge on any atom is -0.363 e. The van der Waals surface area contributed by atoms with Gasteiger partial charge in [0.1, 0.15) is 11.9 Å². The van der Waals surface area contributed by atoms with E-state index < -0.39 is 0 Å². The molecule has 16 heavy (non-hydrogen) atoms. The van der Waals surface area contributed by atoms with Crippen LogP contribution in [0.4, 0.5) is 0 Å². The first-order valence-corrected chi connectivity index (χ1v) is 5.12. The van der Waals surface area contributed by atoms with Crippen LogP contribution in [0, 0.1) is 11.3 Å². The molecule has 0 heterocycles. The van der Waals surface area contributed by atoms with E-state index in [1.54, 1.807) is 0 Å². The molecule has 3 nitrogen and oxygen atoms in total. The van der Waals surface area contributed by atoms with Gasteiger partial charge >= 0.3 is 0 Å². The maximum absolute atomic E-state index is 9.29. The average Bonchev–Trinajstić information content (AvgIpc) is 2.25. The fourth-order valence-corrected chi connectivity index (χ4v) is 1.70. The topological polar surface area (TPSA) is 30.3 Å². The Balaban J connectivity index is 3.34. The summed E-state index contributed by atoms with van der Waals surface area (Å²) in [6.45, 7) is 0. The molecular weight excluding hydrogens is 198 g/mol. The first kappa shape index (κ1) is 12.1. The van der Waals surface area contributed by atoms with Crippen LogP contribution < -0.4 is 0 Å². The van der Waals surface area contributed by atoms with E-state index in [0.29, 0.717) is 5.57 Å². The van der Waals surface area contributed by atoms with Crippen molar-refractivity contribution >= 4 is 5.57 Å². The van der Waals surface area contributed by atoms with Crippen LogP contribution in [-0.2, 0) is 0 Å². The van der Waals surface area contributed by atoms with E-state index in [2.05, 4.69) is 6.07 Å². The molecule has 0 saturated heterocycles. The number of hydrogen-bond acceptors (Lipinski definition) is 3. The summed E-state index contributed by atoms with van der Waals surface area (Å²) < 4.78 is 0. The molecule has 0 N–H and O–H groups in total. The van der Waals surface area contributed by atoms with Crippen LogP contribution in [0.2, 0.25) is 0 Å². The second kappa shape index (κ2) is 5.22. The van der Waals surface area contributed by atoms with Crippen molar-refractivity contribution in [1.29, 1.82) is 5.26 Å². The van der Waals surface area contributed by atoms with Crippen LogP contribution in [0.3, 0.4) is 0 Å². The smallest absolute Gasteiger partial charge is 0.122 e. The van der Waals surface area contributed by atoms with E-state index in [9.17, 15) is 5.26 Å². The Bertz CT molecular complexity index is 401. The van der Waals surface area contributed by atoms with Gasteiger partial charge in [-0.25, -0.2) is 0 Å². The van der Waals surface area contributed by atoms with Crippen molar-refractivity contribution in [3.8, 4) is 6.07 Å². The standard InChI is InChI=1S/C13H17N3/c1-15(2)13(16(3)4)12(10-14)11-8-6-5-7-9-11/h5-9H,1-4H3. The third kappa shape index (κ3) is 2.54. The number of allylic oxidation sites excluding steroid dienone is 1. The molecule has 0 atom stereocenters. The van der Waals surface area contributed by atoms with Crippen LogP contribution in [0.25, 0.3) is 5.57 Å². The summed E-state index contributed by atoms with van der Waals surface area (Å²) in [4.78, 5) is 3.90. The Labute approximate surface area is 97.2 Å². The van der Waals surface area contributed by atoms with Gasteiger partial charge in [-0.15, -0.1) is 0 Å². The lowest BCUT2D eigenvalue weighted by Crippen LogP contribution is -2.26. The van der Waals surface area contributed by atoms with Gasteiger partial charge in [-0.3, -0.25) is 0 Å². The summed E-state index contributed by atoms with van der Waals surface area (Å²) in [6.07, 6.45) is 0. The van der Waals surface area contributed by atoms with Crippen molar-refractivity contribution in [3.63, 3.8) is 0 Å². The highest BCUT2D eigenvalue weighted by Gasteiger charge is 2.12. The maximum atomic E-state index is 9.29. The summed E-state index contributed by atoms with van der Waals surface area (Å²) in [5.41, 5.74) is 1.64. The van der Waals surface area contributed by atoms with Crippen molar-refractivity contribution in [2.45, 2.75) is 0 Å². The van der Waals surface area contributed by atoms with E-state index in [0.717, 1.165) is 11.4 Å². The first-order valence-electron chi connectivity index (χ1n) is 5.12. The summed E-state index contributed by atoms with van der Waals surface area (Å²) in [7, 11) is 7.76. The largest absolute Gasteiger partial charge is 0.363 e. The minimum absolute atomic E-state index is 0.690. The molecule has 84 valence electrons. The lowest BCUT2D eigenvalue weighted by molar-refractivity contribution is 0.346. The van der Waals surface area contributed by atoms with E-state index in [1.165, 1.54) is 0 Å². The highest BCUT2D eigenvalue weighted by molar-refractivity contribution is 5.78. The minimum atomic E-state index is 0.690. The summed E-state index contributed by atoms with van der Waals surface area (Å²) >= 11 is 0. The molecule has 1 rings (SSSR count). The molecule has 0 aliphatic heterocycles. The van der Waals surface area contributed by atoms with Gasteiger partial charge in [0.2, 0.25) is 0 Å². The molecule has 1 aromatic carbocycles. The molecule has 0 radical (unpaired) electrons. The predicted molar refractivity (Wildman–Crippen MR) is 66.3 cm³/mol. The Hall–Kier alpha value is -1.95. The maximum Gasteiger partial charge on any atom is 0.122 e. The quantitative estimate of drug-likeness (QED) is 0.722. The molecule has 0 spiro atoms. The Morgan fingerprint density at radius 2 is 1.50 bits per heavy atom. The molecule has 0 fully saturated rings. The summed E-state index contributed by atoms with van der Waals surface area (Å²) in [5.74, 6) is 0.911. The van der Waals surface area contributed by atoms with Gasteiger partial charge in [0.15, 0.2) is 0 Å². The molecule has 0 amide bonds. The first-order chi connectivity index (χ1) is 7.57. The second-order valence-corrected chi connectivity index (χ2v) is 3.97. The predicted octanol–water partition coefficient (Wildman–Crippen LogP) is 2.00. The lowest BCUT2D eigenvalue weighted by atomic mass is 10.1. The molecule has 0 bridgehead atoms. The zero-order valence-corrected chi connectivity index (χ0v) is 10.2. The highest BCUT2D eigenvalue weighted by Crippen LogP contribution is 2.20. The normalized spacial score (nSPS) is 9.19. The summed E-state index contributed by atoms with van der Waals surface area (Å²) in [6, 6.07) is 12.0. The van der Waals surface area contributed by atoms with E-state index in [4.69, 9.17) is 0 Å². The van der Waals surface area contributed by atoms with E-state index in [1.807, 2.05) is 68.3 Å². The Morgan fingerprint density at radius 1 is 1.00 bits per heavy atom. The molecule has 0 saturated carbocycles. The number of nitrogens with zero attached hydrogens (tertiary/aromatic N) is 3. The summed E-state index contributed by atoms with van der Waals surface area (Å²) in [5, 5.41) is 9.29. The molecular formula is C13H17N3. The number of benzene rings is 1. The molecule has 0 unspecified atom stereocenters. The van der Waals surface area contributed by atoms with Crippen molar-refractivity contribution in [2.75, 3.05) is 28.2 Å². The van der Waals surface area contributed by atoms with E-state index in [-0.39, 0.29) is 0 Å². The van der Waals surface area contributed by atoms with E-state index >= 15 is 0 Å². The monoisotopic (exact) mass is 215 g/mol. The molecule has 0 aliphatic rings. The van der Waals surface area contributed by atoms with Gasteiger partial charge in [0.05, 0.1) is 5.57 Å². The van der Waals surface area contributed by atoms with Gasteiger partial charge < -0.3 is 9.80 Å². The molecule has 0 aromatic heterocycles. The Morgan fingerprint density at radius 3 is 1.88 bits per heavy atom. The second-order valence-electron chi connectivity index (χ2n) is 3.97. The van der Waals surface area contributed by atoms with Crippen LogP contribution in [0.5, 0.6) is 0 Å². The fourth-order valence-electron chi connectivity index (χ4n) is 1.70. The van der Waals surface area contributed by atoms with Crippen molar-refractivity contribution in [2.24, 2.45) is 0 Å². The third-order valence-electron chi connectivity index (χ3n) is 2.25. The van der Waals surface area contributed by atoms with Crippen LogP contribution in [-0.4, -0.2) is 38.0 Å². The zero-order valence-electron chi connectivity index (χ0n) is 10.2. The molecule has 3 heteroatoms. The SMILES string of the molecule is CN(C)C(=C(C#N)c1ccccc1)N(C)C. The average molecular weight is 215 g/mol.